The number of hydrogen-bond donors (Lipinski definition) is 3. The van der Waals surface area contributed by atoms with Gasteiger partial charge in [-0.15, -0.1) is 0 Å². The minimum absolute atomic E-state index is 0.273. The highest BCUT2D eigenvalue weighted by molar-refractivity contribution is 5.73. The van der Waals surface area contributed by atoms with Gasteiger partial charge in [-0.05, 0) is 6.42 Å². The van der Waals surface area contributed by atoms with E-state index < -0.39 is 30.1 Å². The first-order valence-electron chi connectivity index (χ1n) is 3.77. The lowest BCUT2D eigenvalue weighted by atomic mass is 10.1. The summed E-state index contributed by atoms with van der Waals surface area (Å²) in [6.07, 6.45) is -1.84. The van der Waals surface area contributed by atoms with Gasteiger partial charge in [-0.2, -0.15) is 0 Å². The molecule has 0 aliphatic heterocycles. The molecule has 4 atom stereocenters. The molecule has 0 heterocycles. The van der Waals surface area contributed by atoms with Crippen LogP contribution in [0, 0.1) is 5.92 Å². The van der Waals surface area contributed by atoms with E-state index >= 15 is 0 Å². The third kappa shape index (κ3) is 1.43. The first-order valence-corrected chi connectivity index (χ1v) is 3.77. The number of nitrogens with two attached hydrogens (primary N) is 1. The smallest absolute Gasteiger partial charge is 0.311 e. The van der Waals surface area contributed by atoms with Gasteiger partial charge in [0, 0.05) is 6.04 Å². The minimum Gasteiger partial charge on any atom is -0.469 e. The molecular formula is C7H13NO4. The van der Waals surface area contributed by atoms with Gasteiger partial charge in [0.1, 0.15) is 0 Å². The van der Waals surface area contributed by atoms with Gasteiger partial charge in [0.15, 0.2) is 0 Å². The topological polar surface area (TPSA) is 92.8 Å². The Hall–Kier alpha value is -0.650. The SMILES string of the molecule is COC(=O)[C@@H]1C[C@@H](N)[C@@H](O)[C@@H]1O. The average Bonchev–Trinajstić information content (AvgIpc) is 2.32. The third-order valence-electron chi connectivity index (χ3n) is 2.23. The Morgan fingerprint density at radius 2 is 2.08 bits per heavy atom. The van der Waals surface area contributed by atoms with Crippen LogP contribution in [0.5, 0.6) is 0 Å². The van der Waals surface area contributed by atoms with Crippen LogP contribution in [-0.4, -0.2) is 41.5 Å². The van der Waals surface area contributed by atoms with Crippen molar-refractivity contribution in [2.75, 3.05) is 7.11 Å². The largest absolute Gasteiger partial charge is 0.469 e. The Balaban J connectivity index is 2.64. The maximum absolute atomic E-state index is 11.0. The number of carbonyl (C=O) groups excluding carboxylic acids is 1. The molecule has 1 aliphatic rings. The molecule has 1 rings (SSSR count). The van der Waals surface area contributed by atoms with E-state index in [-0.39, 0.29) is 6.42 Å². The van der Waals surface area contributed by atoms with Gasteiger partial charge >= 0.3 is 5.97 Å². The first-order chi connectivity index (χ1) is 5.57. The Labute approximate surface area is 70.1 Å². The summed E-state index contributed by atoms with van der Waals surface area (Å²) in [5.41, 5.74) is 5.43. The molecule has 12 heavy (non-hydrogen) atoms. The van der Waals surface area contributed by atoms with E-state index in [4.69, 9.17) is 5.73 Å². The molecule has 1 aliphatic carbocycles. The number of esters is 1. The van der Waals surface area contributed by atoms with Crippen LogP contribution in [0.3, 0.4) is 0 Å². The minimum atomic E-state index is -1.09. The van der Waals surface area contributed by atoms with Crippen molar-refractivity contribution in [2.45, 2.75) is 24.7 Å². The molecule has 0 aromatic carbocycles. The van der Waals surface area contributed by atoms with Crippen LogP contribution >= 0.6 is 0 Å². The predicted octanol–water partition coefficient (Wildman–Crippen LogP) is -1.77. The summed E-state index contributed by atoms with van der Waals surface area (Å²) in [5, 5.41) is 18.5. The second-order valence-corrected chi connectivity index (χ2v) is 3.01. The molecule has 1 saturated carbocycles. The standard InChI is InChI=1S/C7H13NO4/c1-12-7(11)3-2-4(8)6(10)5(3)9/h3-6,9-10H,2,8H2,1H3/t3-,4-,5-,6-/m1/s1. The summed E-state index contributed by atoms with van der Waals surface area (Å²) < 4.78 is 4.44. The van der Waals surface area contributed by atoms with Crippen molar-refractivity contribution in [1.82, 2.24) is 0 Å². The van der Waals surface area contributed by atoms with Gasteiger partial charge in [-0.25, -0.2) is 0 Å². The lowest BCUT2D eigenvalue weighted by Crippen LogP contribution is -2.36. The number of ether oxygens (including phenoxy) is 1. The molecule has 5 heteroatoms. The lowest BCUT2D eigenvalue weighted by Gasteiger charge is -2.13. The quantitative estimate of drug-likeness (QED) is 0.410. The summed E-state index contributed by atoms with van der Waals surface area (Å²) in [6, 6.07) is -0.538. The fourth-order valence-electron chi connectivity index (χ4n) is 1.45. The maximum atomic E-state index is 11.0. The maximum Gasteiger partial charge on any atom is 0.311 e. The van der Waals surface area contributed by atoms with Crippen LogP contribution in [0.25, 0.3) is 0 Å². The second-order valence-electron chi connectivity index (χ2n) is 3.01. The number of carbonyl (C=O) groups is 1. The van der Waals surface area contributed by atoms with E-state index in [0.717, 1.165) is 0 Å². The Bertz CT molecular complexity index is 184. The van der Waals surface area contributed by atoms with Crippen molar-refractivity contribution in [3.63, 3.8) is 0 Å². The van der Waals surface area contributed by atoms with E-state index in [1.165, 1.54) is 7.11 Å². The predicted molar refractivity (Wildman–Crippen MR) is 40.1 cm³/mol. The van der Waals surface area contributed by atoms with Crippen molar-refractivity contribution in [3.05, 3.63) is 0 Å². The third-order valence-corrected chi connectivity index (χ3v) is 2.23. The van der Waals surface area contributed by atoms with Gasteiger partial charge < -0.3 is 20.7 Å². The number of methoxy groups -OCH3 is 1. The zero-order chi connectivity index (χ0) is 9.30. The molecule has 70 valence electrons. The van der Waals surface area contributed by atoms with Gasteiger partial charge in [0.25, 0.3) is 0 Å². The lowest BCUT2D eigenvalue weighted by molar-refractivity contribution is -0.149. The molecule has 0 saturated heterocycles. The van der Waals surface area contributed by atoms with Gasteiger partial charge in [-0.1, -0.05) is 0 Å². The van der Waals surface area contributed by atoms with E-state index in [0.29, 0.717) is 0 Å². The Morgan fingerprint density at radius 1 is 1.50 bits per heavy atom. The van der Waals surface area contributed by atoms with E-state index in [1.807, 2.05) is 0 Å². The number of hydrogen-bond acceptors (Lipinski definition) is 5. The molecule has 0 amide bonds. The van der Waals surface area contributed by atoms with Crippen LogP contribution in [0.1, 0.15) is 6.42 Å². The highest BCUT2D eigenvalue weighted by atomic mass is 16.5. The molecule has 1 fully saturated rings. The molecule has 0 aromatic rings. The highest BCUT2D eigenvalue weighted by Gasteiger charge is 2.43. The summed E-state index contributed by atoms with van der Waals surface area (Å²) in [5.74, 6) is -1.20. The van der Waals surface area contributed by atoms with Crippen LogP contribution in [-0.2, 0) is 9.53 Å². The van der Waals surface area contributed by atoms with Crippen LogP contribution in [0.2, 0.25) is 0 Å². The monoisotopic (exact) mass is 175 g/mol. The second kappa shape index (κ2) is 3.38. The zero-order valence-corrected chi connectivity index (χ0v) is 6.80. The average molecular weight is 175 g/mol. The summed E-state index contributed by atoms with van der Waals surface area (Å²) in [7, 11) is 1.24. The van der Waals surface area contributed by atoms with Crippen molar-refractivity contribution in [1.29, 1.82) is 0 Å². The van der Waals surface area contributed by atoms with Crippen LogP contribution < -0.4 is 5.73 Å². The molecule has 4 N–H and O–H groups in total. The summed E-state index contributed by atoms with van der Waals surface area (Å²) in [4.78, 5) is 11.0. The normalized spacial score (nSPS) is 41.3. The van der Waals surface area contributed by atoms with Crippen molar-refractivity contribution in [2.24, 2.45) is 11.7 Å². The van der Waals surface area contributed by atoms with E-state index in [9.17, 15) is 15.0 Å². The Kier molecular flexibility index (Phi) is 2.66. The fourth-order valence-corrected chi connectivity index (χ4v) is 1.45. The molecular weight excluding hydrogens is 162 g/mol. The molecule has 0 radical (unpaired) electrons. The molecule has 0 aromatic heterocycles. The summed E-state index contributed by atoms with van der Waals surface area (Å²) in [6.45, 7) is 0. The van der Waals surface area contributed by atoms with Gasteiger partial charge in [0.05, 0.1) is 25.2 Å². The molecule has 0 bridgehead atoms. The molecule has 5 nitrogen and oxygen atoms in total. The van der Waals surface area contributed by atoms with Crippen molar-refractivity contribution in [3.8, 4) is 0 Å². The number of rotatable bonds is 1. The zero-order valence-electron chi connectivity index (χ0n) is 6.80. The van der Waals surface area contributed by atoms with Crippen LogP contribution in [0.4, 0.5) is 0 Å². The van der Waals surface area contributed by atoms with Gasteiger partial charge in [-0.3, -0.25) is 4.79 Å². The van der Waals surface area contributed by atoms with E-state index in [1.54, 1.807) is 0 Å². The van der Waals surface area contributed by atoms with E-state index in [2.05, 4.69) is 4.74 Å². The Morgan fingerprint density at radius 3 is 2.42 bits per heavy atom. The fraction of sp³-hybridized carbons (Fsp3) is 0.857. The summed E-state index contributed by atoms with van der Waals surface area (Å²) >= 11 is 0. The molecule has 0 unspecified atom stereocenters. The van der Waals surface area contributed by atoms with Crippen LogP contribution in [0.15, 0.2) is 0 Å². The first kappa shape index (κ1) is 9.44. The van der Waals surface area contributed by atoms with Crippen molar-refractivity contribution >= 4 is 5.97 Å². The van der Waals surface area contributed by atoms with Gasteiger partial charge in [0.2, 0.25) is 0 Å². The molecule has 0 spiro atoms. The number of aliphatic hydroxyl groups is 2. The highest BCUT2D eigenvalue weighted by Crippen LogP contribution is 2.26. The number of aliphatic hydroxyl groups excluding tert-OH is 2. The van der Waals surface area contributed by atoms with Crippen molar-refractivity contribution < 1.29 is 19.7 Å².